The Balaban J connectivity index is 1.78. The number of rotatable bonds is 3. The van der Waals surface area contributed by atoms with Gasteiger partial charge in [-0.3, -0.25) is 4.79 Å². The number of amides is 1. The fraction of sp³-hybridized carbons (Fsp3) is 0.385. The summed E-state index contributed by atoms with van der Waals surface area (Å²) in [6.45, 7) is 0. The van der Waals surface area contributed by atoms with Crippen molar-refractivity contribution < 1.29 is 4.79 Å². The van der Waals surface area contributed by atoms with E-state index in [4.69, 9.17) is 5.73 Å². The van der Waals surface area contributed by atoms with Crippen LogP contribution in [-0.4, -0.2) is 17.9 Å². The van der Waals surface area contributed by atoms with Gasteiger partial charge < -0.3 is 16.4 Å². The SMILES string of the molecule is CNc1nc(N)c(C(=O)NC2CCCc3sccc32)s1. The molecule has 3 rings (SSSR count). The number of aryl methyl sites for hydroxylation is 1. The molecule has 7 heteroatoms. The van der Waals surface area contributed by atoms with Gasteiger partial charge in [-0.2, -0.15) is 0 Å². The van der Waals surface area contributed by atoms with Crippen LogP contribution in [0.15, 0.2) is 11.4 Å². The van der Waals surface area contributed by atoms with E-state index in [9.17, 15) is 4.79 Å². The largest absolute Gasteiger partial charge is 0.382 e. The summed E-state index contributed by atoms with van der Waals surface area (Å²) in [7, 11) is 1.76. The second-order valence-corrected chi connectivity index (χ2v) is 6.70. The fourth-order valence-electron chi connectivity index (χ4n) is 2.46. The van der Waals surface area contributed by atoms with Gasteiger partial charge in [-0.05, 0) is 36.3 Å². The van der Waals surface area contributed by atoms with E-state index in [1.54, 1.807) is 18.4 Å². The molecule has 0 aromatic carbocycles. The number of thiophene rings is 1. The zero-order valence-corrected chi connectivity index (χ0v) is 12.7. The molecule has 1 amide bonds. The second-order valence-electron chi connectivity index (χ2n) is 4.70. The van der Waals surface area contributed by atoms with E-state index in [1.807, 2.05) is 0 Å². The van der Waals surface area contributed by atoms with Gasteiger partial charge in [-0.15, -0.1) is 11.3 Å². The van der Waals surface area contributed by atoms with Crippen molar-refractivity contribution >= 4 is 39.5 Å². The minimum Gasteiger partial charge on any atom is -0.382 e. The van der Waals surface area contributed by atoms with E-state index in [0.29, 0.717) is 15.8 Å². The van der Waals surface area contributed by atoms with Crippen molar-refractivity contribution in [2.24, 2.45) is 0 Å². The number of nitrogens with two attached hydrogens (primary N) is 1. The summed E-state index contributed by atoms with van der Waals surface area (Å²) in [5, 5.41) is 8.75. The van der Waals surface area contributed by atoms with Gasteiger partial charge in [0.25, 0.3) is 5.91 Å². The van der Waals surface area contributed by atoms with Crippen molar-refractivity contribution in [2.45, 2.75) is 25.3 Å². The van der Waals surface area contributed by atoms with E-state index >= 15 is 0 Å². The van der Waals surface area contributed by atoms with Gasteiger partial charge in [0.2, 0.25) is 0 Å². The van der Waals surface area contributed by atoms with Crippen molar-refractivity contribution in [3.05, 3.63) is 26.8 Å². The first-order valence-corrected chi connectivity index (χ1v) is 8.20. The fourth-order valence-corrected chi connectivity index (χ4v) is 4.19. The Morgan fingerprint density at radius 1 is 1.55 bits per heavy atom. The Bertz CT molecular complexity index is 634. The molecule has 1 aliphatic rings. The van der Waals surface area contributed by atoms with Crippen molar-refractivity contribution in [1.82, 2.24) is 10.3 Å². The summed E-state index contributed by atoms with van der Waals surface area (Å²) < 4.78 is 0. The van der Waals surface area contributed by atoms with Crippen LogP contribution >= 0.6 is 22.7 Å². The van der Waals surface area contributed by atoms with Gasteiger partial charge in [0, 0.05) is 11.9 Å². The van der Waals surface area contributed by atoms with Crippen LogP contribution in [0.5, 0.6) is 0 Å². The number of hydrogen-bond donors (Lipinski definition) is 3. The van der Waals surface area contributed by atoms with Crippen molar-refractivity contribution in [1.29, 1.82) is 0 Å². The Labute approximate surface area is 125 Å². The highest BCUT2D eigenvalue weighted by Gasteiger charge is 2.25. The third kappa shape index (κ3) is 2.38. The average Bonchev–Trinajstić information content (AvgIpc) is 3.05. The van der Waals surface area contributed by atoms with Gasteiger partial charge in [0.15, 0.2) is 5.13 Å². The highest BCUT2D eigenvalue weighted by Crippen LogP contribution is 2.34. The number of nitrogens with one attached hydrogen (secondary N) is 2. The number of hydrogen-bond acceptors (Lipinski definition) is 6. The maximum Gasteiger partial charge on any atom is 0.265 e. The number of nitrogen functional groups attached to an aromatic ring is 1. The Kier molecular flexibility index (Phi) is 3.62. The van der Waals surface area contributed by atoms with E-state index in [0.717, 1.165) is 19.3 Å². The molecule has 0 aliphatic heterocycles. The number of carbonyl (C=O) groups is 1. The summed E-state index contributed by atoms with van der Waals surface area (Å²) in [5.41, 5.74) is 7.05. The monoisotopic (exact) mass is 308 g/mol. The molecule has 2 heterocycles. The van der Waals surface area contributed by atoms with Crippen LogP contribution in [-0.2, 0) is 6.42 Å². The zero-order chi connectivity index (χ0) is 14.1. The minimum absolute atomic E-state index is 0.0945. The minimum atomic E-state index is -0.134. The lowest BCUT2D eigenvalue weighted by Gasteiger charge is -2.23. The van der Waals surface area contributed by atoms with Gasteiger partial charge in [0.05, 0.1) is 6.04 Å². The standard InChI is InChI=1S/C13H16N4OS2/c1-15-13-17-11(14)10(20-13)12(18)16-8-3-2-4-9-7(8)5-6-19-9/h5-6,8H,2-4,14H2,1H3,(H,15,17)(H,16,18). The number of nitrogens with zero attached hydrogens (tertiary/aromatic N) is 1. The summed E-state index contributed by atoms with van der Waals surface area (Å²) in [6.07, 6.45) is 3.21. The van der Waals surface area contributed by atoms with Gasteiger partial charge in [-0.25, -0.2) is 4.98 Å². The van der Waals surface area contributed by atoms with Gasteiger partial charge in [-0.1, -0.05) is 11.3 Å². The second kappa shape index (κ2) is 5.41. The quantitative estimate of drug-likeness (QED) is 0.814. The number of fused-ring (bicyclic) bond motifs is 1. The predicted molar refractivity (Wildman–Crippen MR) is 83.5 cm³/mol. The highest BCUT2D eigenvalue weighted by atomic mass is 32.1. The normalized spacial score (nSPS) is 17.6. The Morgan fingerprint density at radius 3 is 3.15 bits per heavy atom. The van der Waals surface area contributed by atoms with Crippen molar-refractivity contribution in [3.63, 3.8) is 0 Å². The van der Waals surface area contributed by atoms with Crippen LogP contribution in [0.3, 0.4) is 0 Å². The maximum absolute atomic E-state index is 12.3. The molecule has 1 unspecified atom stereocenters. The van der Waals surface area contributed by atoms with Crippen LogP contribution in [0.4, 0.5) is 10.9 Å². The third-order valence-corrected chi connectivity index (χ3v) is 5.51. The molecule has 1 aliphatic carbocycles. The molecule has 2 aromatic rings. The number of thiazole rings is 1. The van der Waals surface area contributed by atoms with Gasteiger partial charge >= 0.3 is 0 Å². The first kappa shape index (κ1) is 13.4. The van der Waals surface area contributed by atoms with Crippen LogP contribution in [0.1, 0.15) is 39.0 Å². The lowest BCUT2D eigenvalue weighted by Crippen LogP contribution is -2.30. The topological polar surface area (TPSA) is 80.0 Å². The zero-order valence-electron chi connectivity index (χ0n) is 11.1. The molecule has 20 heavy (non-hydrogen) atoms. The predicted octanol–water partition coefficient (Wildman–Crippen LogP) is 2.64. The first-order valence-electron chi connectivity index (χ1n) is 6.50. The van der Waals surface area contributed by atoms with Crippen molar-refractivity contribution in [2.75, 3.05) is 18.1 Å². The number of anilines is 2. The molecule has 0 bridgehead atoms. The molecular weight excluding hydrogens is 292 g/mol. The van der Waals surface area contributed by atoms with Crippen LogP contribution in [0, 0.1) is 0 Å². The number of carbonyl (C=O) groups excluding carboxylic acids is 1. The van der Waals surface area contributed by atoms with E-state index in [2.05, 4.69) is 27.1 Å². The van der Waals surface area contributed by atoms with E-state index in [1.165, 1.54) is 21.8 Å². The molecular formula is C13H16N4OS2. The number of aromatic nitrogens is 1. The lowest BCUT2D eigenvalue weighted by molar-refractivity contribution is 0.0937. The molecule has 0 saturated heterocycles. The molecule has 2 aromatic heterocycles. The van der Waals surface area contributed by atoms with Crippen LogP contribution in [0.25, 0.3) is 0 Å². The average molecular weight is 308 g/mol. The maximum atomic E-state index is 12.3. The molecule has 106 valence electrons. The molecule has 0 fully saturated rings. The van der Waals surface area contributed by atoms with Crippen molar-refractivity contribution in [3.8, 4) is 0 Å². The molecule has 0 radical (unpaired) electrons. The molecule has 0 saturated carbocycles. The molecule has 1 atom stereocenters. The summed E-state index contributed by atoms with van der Waals surface area (Å²) in [4.78, 5) is 18.3. The summed E-state index contributed by atoms with van der Waals surface area (Å²) >= 11 is 3.05. The molecule has 5 nitrogen and oxygen atoms in total. The molecule has 0 spiro atoms. The third-order valence-electron chi connectivity index (χ3n) is 3.43. The highest BCUT2D eigenvalue weighted by molar-refractivity contribution is 7.18. The van der Waals surface area contributed by atoms with E-state index < -0.39 is 0 Å². The molecule has 4 N–H and O–H groups in total. The van der Waals surface area contributed by atoms with Crippen LogP contribution in [0.2, 0.25) is 0 Å². The first-order chi connectivity index (χ1) is 9.69. The van der Waals surface area contributed by atoms with Gasteiger partial charge in [0.1, 0.15) is 10.7 Å². The Hall–Kier alpha value is -1.60. The van der Waals surface area contributed by atoms with E-state index in [-0.39, 0.29) is 11.9 Å². The summed E-state index contributed by atoms with van der Waals surface area (Å²) in [6, 6.07) is 2.20. The lowest BCUT2D eigenvalue weighted by atomic mass is 9.94. The van der Waals surface area contributed by atoms with Crippen LogP contribution < -0.4 is 16.4 Å². The Morgan fingerprint density at radius 2 is 2.40 bits per heavy atom. The smallest absolute Gasteiger partial charge is 0.265 e. The summed E-state index contributed by atoms with van der Waals surface area (Å²) in [5.74, 6) is 0.156.